The third kappa shape index (κ3) is 2.38. The van der Waals surface area contributed by atoms with E-state index >= 15 is 0 Å². The van der Waals surface area contributed by atoms with E-state index in [9.17, 15) is 9.18 Å². The van der Waals surface area contributed by atoms with Crippen LogP contribution >= 0.6 is 11.3 Å². The average Bonchev–Trinajstić information content (AvgIpc) is 2.82. The van der Waals surface area contributed by atoms with Crippen molar-refractivity contribution < 1.29 is 9.18 Å². The fourth-order valence-corrected chi connectivity index (χ4v) is 3.21. The standard InChI is InChI=1S/C14H13FN2OS/c1-8(18)11-6-7-12-13(16-11)17-14(19-12)9-2-4-10(15)5-3-9/h2-5,11,16H,6-7H2,1H3. The smallest absolute Gasteiger partial charge is 0.152 e. The van der Waals surface area contributed by atoms with Gasteiger partial charge in [0.1, 0.15) is 16.6 Å². The predicted octanol–water partition coefficient (Wildman–Crippen LogP) is 3.26. The van der Waals surface area contributed by atoms with Crippen molar-refractivity contribution in [2.24, 2.45) is 0 Å². The van der Waals surface area contributed by atoms with Gasteiger partial charge in [-0.2, -0.15) is 0 Å². The number of aromatic nitrogens is 1. The highest BCUT2D eigenvalue weighted by molar-refractivity contribution is 7.15. The molecular weight excluding hydrogens is 263 g/mol. The predicted molar refractivity (Wildman–Crippen MR) is 73.9 cm³/mol. The van der Waals surface area contributed by atoms with E-state index in [4.69, 9.17) is 0 Å². The van der Waals surface area contributed by atoms with E-state index in [1.165, 1.54) is 12.1 Å². The molecule has 5 heteroatoms. The number of thiazole rings is 1. The first kappa shape index (κ1) is 12.3. The van der Waals surface area contributed by atoms with Crippen molar-refractivity contribution in [1.29, 1.82) is 0 Å². The molecule has 1 unspecified atom stereocenters. The number of fused-ring (bicyclic) bond motifs is 1. The largest absolute Gasteiger partial charge is 0.359 e. The summed E-state index contributed by atoms with van der Waals surface area (Å²) >= 11 is 1.60. The molecule has 19 heavy (non-hydrogen) atoms. The van der Waals surface area contributed by atoms with Gasteiger partial charge in [0.25, 0.3) is 0 Å². The zero-order chi connectivity index (χ0) is 13.4. The van der Waals surface area contributed by atoms with Crippen LogP contribution in [0.25, 0.3) is 10.6 Å². The van der Waals surface area contributed by atoms with E-state index in [2.05, 4.69) is 10.3 Å². The summed E-state index contributed by atoms with van der Waals surface area (Å²) in [4.78, 5) is 17.1. The molecule has 98 valence electrons. The van der Waals surface area contributed by atoms with E-state index in [1.54, 1.807) is 30.4 Å². The monoisotopic (exact) mass is 276 g/mol. The van der Waals surface area contributed by atoms with E-state index < -0.39 is 0 Å². The van der Waals surface area contributed by atoms with Crippen LogP contribution in [0.5, 0.6) is 0 Å². The molecular formula is C14H13FN2OS. The first-order chi connectivity index (χ1) is 9.13. The number of nitrogens with zero attached hydrogens (tertiary/aromatic N) is 1. The molecule has 1 aliphatic heterocycles. The van der Waals surface area contributed by atoms with Crippen LogP contribution in [0, 0.1) is 5.82 Å². The lowest BCUT2D eigenvalue weighted by atomic mass is 10.0. The molecule has 0 amide bonds. The average molecular weight is 276 g/mol. The zero-order valence-corrected chi connectivity index (χ0v) is 11.3. The highest BCUT2D eigenvalue weighted by Gasteiger charge is 2.24. The van der Waals surface area contributed by atoms with E-state index in [0.717, 1.165) is 34.1 Å². The molecule has 1 aromatic carbocycles. The fourth-order valence-electron chi connectivity index (χ4n) is 2.17. The summed E-state index contributed by atoms with van der Waals surface area (Å²) in [6, 6.07) is 6.18. The van der Waals surface area contributed by atoms with Gasteiger partial charge in [0.05, 0.1) is 6.04 Å². The summed E-state index contributed by atoms with van der Waals surface area (Å²) in [5, 5.41) is 4.04. The number of halogens is 1. The molecule has 0 radical (unpaired) electrons. The minimum Gasteiger partial charge on any atom is -0.359 e. The normalized spacial score (nSPS) is 17.7. The number of rotatable bonds is 2. The van der Waals surface area contributed by atoms with Gasteiger partial charge < -0.3 is 5.32 Å². The molecule has 0 aliphatic carbocycles. The maximum atomic E-state index is 12.9. The summed E-state index contributed by atoms with van der Waals surface area (Å²) in [6.45, 7) is 1.59. The van der Waals surface area contributed by atoms with Crippen molar-refractivity contribution in [3.05, 3.63) is 35.0 Å². The van der Waals surface area contributed by atoms with Gasteiger partial charge in [-0.1, -0.05) is 0 Å². The van der Waals surface area contributed by atoms with Crippen molar-refractivity contribution in [2.45, 2.75) is 25.8 Å². The fraction of sp³-hybridized carbons (Fsp3) is 0.286. The molecule has 1 aromatic heterocycles. The molecule has 3 nitrogen and oxygen atoms in total. The first-order valence-electron chi connectivity index (χ1n) is 6.16. The Bertz CT molecular complexity index is 621. The van der Waals surface area contributed by atoms with Gasteiger partial charge in [-0.05, 0) is 44.0 Å². The molecule has 0 saturated heterocycles. The quantitative estimate of drug-likeness (QED) is 0.915. The summed E-state index contributed by atoms with van der Waals surface area (Å²) in [5.74, 6) is 0.692. The lowest BCUT2D eigenvalue weighted by Crippen LogP contribution is -2.31. The van der Waals surface area contributed by atoms with Crippen LogP contribution in [0.4, 0.5) is 10.2 Å². The summed E-state index contributed by atoms with van der Waals surface area (Å²) in [6.07, 6.45) is 1.68. The number of hydrogen-bond donors (Lipinski definition) is 1. The number of anilines is 1. The topological polar surface area (TPSA) is 42.0 Å². The van der Waals surface area contributed by atoms with Crippen LogP contribution in [0.3, 0.4) is 0 Å². The number of aryl methyl sites for hydroxylation is 1. The van der Waals surface area contributed by atoms with Crippen LogP contribution in [-0.4, -0.2) is 16.8 Å². The molecule has 1 N–H and O–H groups in total. The zero-order valence-electron chi connectivity index (χ0n) is 10.4. The van der Waals surface area contributed by atoms with Gasteiger partial charge in [0, 0.05) is 10.4 Å². The second-order valence-electron chi connectivity index (χ2n) is 4.64. The molecule has 0 fully saturated rings. The van der Waals surface area contributed by atoms with Gasteiger partial charge in [-0.25, -0.2) is 9.37 Å². The maximum absolute atomic E-state index is 12.9. The van der Waals surface area contributed by atoms with E-state index in [1.807, 2.05) is 0 Å². The number of nitrogens with one attached hydrogen (secondary N) is 1. The summed E-state index contributed by atoms with van der Waals surface area (Å²) in [7, 11) is 0. The Labute approximate surface area is 114 Å². The number of Topliss-reactive ketones (excluding diaryl/α,β-unsaturated/α-hetero) is 1. The Kier molecular flexibility index (Phi) is 3.06. The summed E-state index contributed by atoms with van der Waals surface area (Å²) in [5.41, 5.74) is 0.905. The number of carbonyl (C=O) groups excluding carboxylic acids is 1. The molecule has 2 heterocycles. The van der Waals surface area contributed by atoms with Crippen LogP contribution < -0.4 is 5.32 Å². The van der Waals surface area contributed by atoms with E-state index in [-0.39, 0.29) is 17.6 Å². The molecule has 0 spiro atoms. The maximum Gasteiger partial charge on any atom is 0.152 e. The van der Waals surface area contributed by atoms with Gasteiger partial charge in [-0.15, -0.1) is 11.3 Å². The highest BCUT2D eigenvalue weighted by Crippen LogP contribution is 2.35. The summed E-state index contributed by atoms with van der Waals surface area (Å²) < 4.78 is 12.9. The third-order valence-electron chi connectivity index (χ3n) is 3.25. The van der Waals surface area contributed by atoms with Crippen LogP contribution in [0.1, 0.15) is 18.2 Å². The van der Waals surface area contributed by atoms with Crippen LogP contribution in [-0.2, 0) is 11.2 Å². The lowest BCUT2D eigenvalue weighted by molar-refractivity contribution is -0.117. The van der Waals surface area contributed by atoms with Gasteiger partial charge in [0.2, 0.25) is 0 Å². The highest BCUT2D eigenvalue weighted by atomic mass is 32.1. The third-order valence-corrected chi connectivity index (χ3v) is 4.41. The molecule has 0 bridgehead atoms. The second-order valence-corrected chi connectivity index (χ2v) is 5.73. The SMILES string of the molecule is CC(=O)C1CCc2sc(-c3ccc(F)cc3)nc2N1. The molecule has 0 saturated carbocycles. The Morgan fingerprint density at radius 2 is 2.16 bits per heavy atom. The second kappa shape index (κ2) is 4.74. The number of ketones is 1. The number of benzene rings is 1. The van der Waals surface area contributed by atoms with Crippen molar-refractivity contribution in [2.75, 3.05) is 5.32 Å². The van der Waals surface area contributed by atoms with Crippen LogP contribution in [0.2, 0.25) is 0 Å². The first-order valence-corrected chi connectivity index (χ1v) is 6.98. The Morgan fingerprint density at radius 1 is 1.42 bits per heavy atom. The van der Waals surface area contributed by atoms with Gasteiger partial charge in [-0.3, -0.25) is 4.79 Å². The molecule has 2 aromatic rings. The molecule has 3 rings (SSSR count). The van der Waals surface area contributed by atoms with Gasteiger partial charge in [0.15, 0.2) is 5.78 Å². The Morgan fingerprint density at radius 3 is 2.84 bits per heavy atom. The van der Waals surface area contributed by atoms with Crippen molar-refractivity contribution >= 4 is 22.9 Å². The minimum absolute atomic E-state index is 0.129. The van der Waals surface area contributed by atoms with Crippen molar-refractivity contribution in [1.82, 2.24) is 4.98 Å². The number of hydrogen-bond acceptors (Lipinski definition) is 4. The minimum atomic E-state index is -0.250. The molecule has 1 atom stereocenters. The van der Waals surface area contributed by atoms with Crippen molar-refractivity contribution in [3.8, 4) is 10.6 Å². The van der Waals surface area contributed by atoms with Crippen molar-refractivity contribution in [3.63, 3.8) is 0 Å². The Hall–Kier alpha value is -1.75. The van der Waals surface area contributed by atoms with Crippen LogP contribution in [0.15, 0.2) is 24.3 Å². The lowest BCUT2D eigenvalue weighted by Gasteiger charge is -2.20. The number of carbonyl (C=O) groups is 1. The molecule has 1 aliphatic rings. The Balaban J connectivity index is 1.91. The van der Waals surface area contributed by atoms with E-state index in [0.29, 0.717) is 0 Å². The van der Waals surface area contributed by atoms with Gasteiger partial charge >= 0.3 is 0 Å².